The molecule has 0 aliphatic heterocycles. The maximum Gasteiger partial charge on any atom is 0.288 e. The van der Waals surface area contributed by atoms with Crippen LogP contribution in [0.25, 0.3) is 0 Å². The van der Waals surface area contributed by atoms with Gasteiger partial charge in [0.1, 0.15) is 0 Å². The Balaban J connectivity index is 0.00000169. The lowest BCUT2D eigenvalue weighted by molar-refractivity contribution is 0.0925. The maximum absolute atomic E-state index is 11.3. The van der Waals surface area contributed by atoms with Crippen molar-refractivity contribution in [1.29, 1.82) is 0 Å². The zero-order valence-corrected chi connectivity index (χ0v) is 10.1. The van der Waals surface area contributed by atoms with Gasteiger partial charge in [0.2, 0.25) is 5.76 Å². The fraction of sp³-hybridized carbons (Fsp3) is 0.375. The van der Waals surface area contributed by atoms with E-state index >= 15 is 0 Å². The molecule has 0 saturated carbocycles. The Morgan fingerprint density at radius 1 is 1.57 bits per heavy atom. The summed E-state index contributed by atoms with van der Waals surface area (Å²) >= 11 is 3.21. The predicted octanol–water partition coefficient (Wildman–Crippen LogP) is 1.41. The molecular weight excluding hydrogens is 271 g/mol. The SMILES string of the molecule is CNCCNC(=O)c1occc1Br.Cl. The van der Waals surface area contributed by atoms with Crippen molar-refractivity contribution in [3.8, 4) is 0 Å². The first-order chi connectivity index (χ1) is 6.25. The van der Waals surface area contributed by atoms with E-state index in [9.17, 15) is 4.79 Å². The van der Waals surface area contributed by atoms with E-state index in [2.05, 4.69) is 26.6 Å². The highest BCUT2D eigenvalue weighted by Crippen LogP contribution is 2.16. The van der Waals surface area contributed by atoms with Crippen LogP contribution in [-0.4, -0.2) is 26.0 Å². The molecule has 1 aromatic rings. The predicted molar refractivity (Wildman–Crippen MR) is 59.9 cm³/mol. The van der Waals surface area contributed by atoms with Crippen molar-refractivity contribution in [2.24, 2.45) is 0 Å². The third-order valence-corrected chi connectivity index (χ3v) is 2.11. The second-order valence-electron chi connectivity index (χ2n) is 2.46. The molecule has 0 bridgehead atoms. The Morgan fingerprint density at radius 2 is 2.29 bits per heavy atom. The van der Waals surface area contributed by atoms with E-state index in [1.165, 1.54) is 6.26 Å². The van der Waals surface area contributed by atoms with Crippen LogP contribution in [0.2, 0.25) is 0 Å². The van der Waals surface area contributed by atoms with Gasteiger partial charge in [0.25, 0.3) is 5.91 Å². The summed E-state index contributed by atoms with van der Waals surface area (Å²) < 4.78 is 5.65. The Bertz CT molecular complexity index is 291. The monoisotopic (exact) mass is 282 g/mol. The average molecular weight is 284 g/mol. The molecule has 0 radical (unpaired) electrons. The van der Waals surface area contributed by atoms with Gasteiger partial charge in [0.15, 0.2) is 0 Å². The van der Waals surface area contributed by atoms with E-state index in [0.29, 0.717) is 16.8 Å². The molecule has 0 aliphatic carbocycles. The summed E-state index contributed by atoms with van der Waals surface area (Å²) in [5.41, 5.74) is 0. The minimum atomic E-state index is -0.202. The number of amides is 1. The minimum absolute atomic E-state index is 0. The third kappa shape index (κ3) is 3.69. The molecule has 1 heterocycles. The van der Waals surface area contributed by atoms with E-state index in [0.717, 1.165) is 6.54 Å². The molecular formula is C8H12BrClN2O2. The molecule has 0 unspecified atom stereocenters. The van der Waals surface area contributed by atoms with Gasteiger partial charge < -0.3 is 15.1 Å². The summed E-state index contributed by atoms with van der Waals surface area (Å²) in [5.74, 6) is 0.114. The van der Waals surface area contributed by atoms with Gasteiger partial charge in [-0.25, -0.2) is 0 Å². The van der Waals surface area contributed by atoms with Gasteiger partial charge in [-0.1, -0.05) is 0 Å². The Kier molecular flexibility index (Phi) is 6.61. The maximum atomic E-state index is 11.3. The molecule has 80 valence electrons. The van der Waals surface area contributed by atoms with E-state index in [4.69, 9.17) is 4.42 Å². The number of furan rings is 1. The summed E-state index contributed by atoms with van der Waals surface area (Å²) in [6.45, 7) is 1.33. The number of rotatable bonds is 4. The lowest BCUT2D eigenvalue weighted by Gasteiger charge is -2.01. The molecule has 2 N–H and O–H groups in total. The average Bonchev–Trinajstić information content (AvgIpc) is 2.52. The Morgan fingerprint density at radius 3 is 2.79 bits per heavy atom. The van der Waals surface area contributed by atoms with Crippen LogP contribution in [-0.2, 0) is 0 Å². The number of carbonyl (C=O) groups is 1. The van der Waals surface area contributed by atoms with Crippen molar-refractivity contribution in [2.75, 3.05) is 20.1 Å². The van der Waals surface area contributed by atoms with Crippen LogP contribution in [0.4, 0.5) is 0 Å². The van der Waals surface area contributed by atoms with Crippen LogP contribution < -0.4 is 10.6 Å². The first-order valence-corrected chi connectivity index (χ1v) is 4.71. The van der Waals surface area contributed by atoms with Gasteiger partial charge in [0, 0.05) is 13.1 Å². The molecule has 14 heavy (non-hydrogen) atoms. The van der Waals surface area contributed by atoms with Crippen LogP contribution in [0.15, 0.2) is 21.2 Å². The quantitative estimate of drug-likeness (QED) is 0.822. The summed E-state index contributed by atoms with van der Waals surface area (Å²) in [5, 5.41) is 5.63. The van der Waals surface area contributed by atoms with Crippen LogP contribution in [0.1, 0.15) is 10.6 Å². The summed E-state index contributed by atoms with van der Waals surface area (Å²) in [4.78, 5) is 11.3. The number of nitrogens with one attached hydrogen (secondary N) is 2. The van der Waals surface area contributed by atoms with Crippen LogP contribution in [0, 0.1) is 0 Å². The molecule has 0 fully saturated rings. The number of hydrogen-bond donors (Lipinski definition) is 2. The molecule has 0 aromatic carbocycles. The van der Waals surface area contributed by atoms with E-state index < -0.39 is 0 Å². The molecule has 0 spiro atoms. The first-order valence-electron chi connectivity index (χ1n) is 3.91. The lowest BCUT2D eigenvalue weighted by atomic mass is 10.4. The highest BCUT2D eigenvalue weighted by molar-refractivity contribution is 9.10. The molecule has 6 heteroatoms. The van der Waals surface area contributed by atoms with E-state index in [1.807, 2.05) is 7.05 Å². The molecule has 1 amide bonds. The van der Waals surface area contributed by atoms with Gasteiger partial charge in [-0.3, -0.25) is 4.79 Å². The zero-order valence-electron chi connectivity index (χ0n) is 7.67. The van der Waals surface area contributed by atoms with Crippen LogP contribution in [0.5, 0.6) is 0 Å². The number of hydrogen-bond acceptors (Lipinski definition) is 3. The van der Waals surface area contributed by atoms with E-state index in [1.54, 1.807) is 6.07 Å². The Labute approximate surface area is 97.0 Å². The van der Waals surface area contributed by atoms with E-state index in [-0.39, 0.29) is 18.3 Å². The molecule has 0 atom stereocenters. The lowest BCUT2D eigenvalue weighted by Crippen LogP contribution is -2.30. The fourth-order valence-electron chi connectivity index (χ4n) is 0.837. The second kappa shape index (κ2) is 6.86. The smallest absolute Gasteiger partial charge is 0.288 e. The summed E-state index contributed by atoms with van der Waals surface area (Å²) in [7, 11) is 1.83. The topological polar surface area (TPSA) is 54.3 Å². The van der Waals surface area contributed by atoms with Crippen molar-refractivity contribution < 1.29 is 9.21 Å². The van der Waals surface area contributed by atoms with Crippen molar-refractivity contribution in [3.05, 3.63) is 22.6 Å². The van der Waals surface area contributed by atoms with Crippen molar-refractivity contribution in [1.82, 2.24) is 10.6 Å². The second-order valence-corrected chi connectivity index (χ2v) is 3.31. The largest absolute Gasteiger partial charge is 0.458 e. The number of halogens is 2. The highest BCUT2D eigenvalue weighted by Gasteiger charge is 2.11. The summed E-state index contributed by atoms with van der Waals surface area (Å²) in [6.07, 6.45) is 1.47. The van der Waals surface area contributed by atoms with Gasteiger partial charge in [0.05, 0.1) is 10.7 Å². The molecule has 0 aliphatic rings. The summed E-state index contributed by atoms with van der Waals surface area (Å²) in [6, 6.07) is 1.69. The molecule has 0 saturated heterocycles. The van der Waals surface area contributed by atoms with Crippen molar-refractivity contribution in [3.63, 3.8) is 0 Å². The number of carbonyl (C=O) groups excluding carboxylic acids is 1. The fourth-order valence-corrected chi connectivity index (χ4v) is 1.22. The molecule has 1 aromatic heterocycles. The Hall–Kier alpha value is -0.520. The van der Waals surface area contributed by atoms with Crippen LogP contribution in [0.3, 0.4) is 0 Å². The number of likely N-dealkylation sites (N-methyl/N-ethyl adjacent to an activating group) is 1. The first kappa shape index (κ1) is 13.5. The molecule has 1 rings (SSSR count). The zero-order chi connectivity index (χ0) is 9.68. The third-order valence-electron chi connectivity index (χ3n) is 1.48. The minimum Gasteiger partial charge on any atom is -0.458 e. The standard InChI is InChI=1S/C8H11BrN2O2.ClH/c1-10-3-4-11-8(12)7-6(9)2-5-13-7;/h2,5,10H,3-4H2,1H3,(H,11,12);1H. The van der Waals surface area contributed by atoms with Gasteiger partial charge >= 0.3 is 0 Å². The highest BCUT2D eigenvalue weighted by atomic mass is 79.9. The normalized spacial score (nSPS) is 9.29. The van der Waals surface area contributed by atoms with Gasteiger partial charge in [-0.15, -0.1) is 12.4 Å². The molecule has 4 nitrogen and oxygen atoms in total. The van der Waals surface area contributed by atoms with Gasteiger partial charge in [-0.2, -0.15) is 0 Å². The van der Waals surface area contributed by atoms with Crippen LogP contribution >= 0.6 is 28.3 Å². The van der Waals surface area contributed by atoms with Crippen molar-refractivity contribution >= 4 is 34.2 Å². The van der Waals surface area contributed by atoms with Gasteiger partial charge in [-0.05, 0) is 29.0 Å². The van der Waals surface area contributed by atoms with Crippen molar-refractivity contribution in [2.45, 2.75) is 0 Å².